The van der Waals surface area contributed by atoms with Gasteiger partial charge in [-0.2, -0.15) is 0 Å². The van der Waals surface area contributed by atoms with Gasteiger partial charge in [0.15, 0.2) is 0 Å². The molecule has 2 nitrogen and oxygen atoms in total. The minimum absolute atomic E-state index is 0.00285. The highest BCUT2D eigenvalue weighted by molar-refractivity contribution is 6.58. The van der Waals surface area contributed by atoms with Crippen LogP contribution < -0.4 is 5.46 Å². The van der Waals surface area contributed by atoms with Gasteiger partial charge in [-0.05, 0) is 40.6 Å². The lowest BCUT2D eigenvalue weighted by Crippen LogP contribution is -2.32. The first-order valence-corrected chi connectivity index (χ1v) is 17.2. The number of fused-ring (bicyclic) bond motifs is 3. The fourth-order valence-electron chi connectivity index (χ4n) is 7.13. The van der Waals surface area contributed by atoms with E-state index in [1.54, 1.807) is 0 Å². The zero-order chi connectivity index (χ0) is 28.5. The number of rotatable bonds is 23. The van der Waals surface area contributed by atoms with Gasteiger partial charge in [-0.1, -0.05) is 185 Å². The summed E-state index contributed by atoms with van der Waals surface area (Å²) in [5, 5.41) is 20.1. The first kappa shape index (κ1) is 32.9. The van der Waals surface area contributed by atoms with Crippen molar-refractivity contribution in [2.75, 3.05) is 0 Å². The summed E-state index contributed by atoms with van der Waals surface area (Å²) in [5.74, 6) is 0. The number of unbranched alkanes of at least 4 members (excludes halogenated alkanes) is 18. The van der Waals surface area contributed by atoms with Crippen LogP contribution in [0, 0.1) is 0 Å². The van der Waals surface area contributed by atoms with Crippen LogP contribution in [0.25, 0.3) is 11.1 Å². The third kappa shape index (κ3) is 9.76. The van der Waals surface area contributed by atoms with E-state index in [1.165, 1.54) is 151 Å². The standard InChI is InChI=1S/C37H59BO2/c1-3-5-7-9-11-13-15-17-19-23-29-37(30-24-20-18-16-14-12-10-8-6-4-2)35-26-22-21-25-33(35)34-28-27-32(38(39)40)31-36(34)37/h21-22,25-28,31,39-40H,3-20,23-24,29-30H2,1-2H3. The first-order chi connectivity index (χ1) is 19.6. The van der Waals surface area contributed by atoms with Gasteiger partial charge >= 0.3 is 7.12 Å². The van der Waals surface area contributed by atoms with Crippen LogP contribution >= 0.6 is 0 Å². The van der Waals surface area contributed by atoms with Crippen molar-refractivity contribution in [3.8, 4) is 11.1 Å². The molecule has 222 valence electrons. The third-order valence-corrected chi connectivity index (χ3v) is 9.50. The minimum Gasteiger partial charge on any atom is -0.423 e. The molecule has 1 aliphatic rings. The highest BCUT2D eigenvalue weighted by Crippen LogP contribution is 2.53. The molecule has 0 fully saturated rings. The lowest BCUT2D eigenvalue weighted by molar-refractivity contribution is 0.396. The van der Waals surface area contributed by atoms with E-state index in [2.05, 4.69) is 50.2 Å². The first-order valence-electron chi connectivity index (χ1n) is 17.2. The Labute approximate surface area is 247 Å². The van der Waals surface area contributed by atoms with Gasteiger partial charge in [0.2, 0.25) is 0 Å². The number of benzene rings is 2. The second kappa shape index (κ2) is 18.8. The Bertz CT molecular complexity index is 929. The van der Waals surface area contributed by atoms with Crippen LogP contribution in [-0.2, 0) is 5.41 Å². The molecule has 0 amide bonds. The number of hydrogen-bond acceptors (Lipinski definition) is 2. The topological polar surface area (TPSA) is 40.5 Å². The van der Waals surface area contributed by atoms with Crippen molar-refractivity contribution < 1.29 is 10.0 Å². The molecule has 3 heteroatoms. The van der Waals surface area contributed by atoms with E-state index >= 15 is 0 Å². The zero-order valence-electron chi connectivity index (χ0n) is 26.1. The van der Waals surface area contributed by atoms with Gasteiger partial charge in [0.1, 0.15) is 0 Å². The van der Waals surface area contributed by atoms with Gasteiger partial charge in [-0.15, -0.1) is 0 Å². The summed E-state index contributed by atoms with van der Waals surface area (Å²) in [7, 11) is -1.42. The Morgan fingerprint density at radius 3 is 1.40 bits per heavy atom. The number of hydrogen-bond donors (Lipinski definition) is 2. The van der Waals surface area contributed by atoms with Crippen molar-refractivity contribution in [3.63, 3.8) is 0 Å². The molecule has 0 aromatic heterocycles. The second-order valence-electron chi connectivity index (χ2n) is 12.7. The Morgan fingerprint density at radius 2 is 0.925 bits per heavy atom. The van der Waals surface area contributed by atoms with Crippen LogP contribution in [0.5, 0.6) is 0 Å². The fourth-order valence-corrected chi connectivity index (χ4v) is 7.13. The molecule has 40 heavy (non-hydrogen) atoms. The Balaban J connectivity index is 1.61. The van der Waals surface area contributed by atoms with Crippen molar-refractivity contribution in [3.05, 3.63) is 53.6 Å². The van der Waals surface area contributed by atoms with E-state index in [0.717, 1.165) is 12.8 Å². The van der Waals surface area contributed by atoms with Crippen LogP contribution in [0.15, 0.2) is 42.5 Å². The predicted octanol–water partition coefficient (Wildman–Crippen LogP) is 10.3. The third-order valence-electron chi connectivity index (χ3n) is 9.50. The normalized spacial score (nSPS) is 13.4. The molecule has 0 saturated heterocycles. The summed E-state index contributed by atoms with van der Waals surface area (Å²) in [6.07, 6.45) is 29.4. The van der Waals surface area contributed by atoms with Crippen LogP contribution in [0.3, 0.4) is 0 Å². The van der Waals surface area contributed by atoms with Crippen molar-refractivity contribution in [2.24, 2.45) is 0 Å². The lowest BCUT2D eigenvalue weighted by atomic mass is 9.68. The highest BCUT2D eigenvalue weighted by Gasteiger charge is 2.42. The van der Waals surface area contributed by atoms with Crippen molar-refractivity contribution >= 4 is 12.6 Å². The molecular formula is C37H59BO2. The summed E-state index contributed by atoms with van der Waals surface area (Å²) in [6.45, 7) is 4.58. The van der Waals surface area contributed by atoms with Gasteiger partial charge in [-0.25, -0.2) is 0 Å². The van der Waals surface area contributed by atoms with E-state index in [9.17, 15) is 10.0 Å². The molecule has 0 unspecified atom stereocenters. The quantitative estimate of drug-likeness (QED) is 0.108. The molecule has 2 N–H and O–H groups in total. The Hall–Kier alpha value is -1.58. The van der Waals surface area contributed by atoms with Crippen LogP contribution in [0.2, 0.25) is 0 Å². The molecule has 2 aromatic carbocycles. The zero-order valence-corrected chi connectivity index (χ0v) is 26.1. The van der Waals surface area contributed by atoms with Crippen molar-refractivity contribution in [1.29, 1.82) is 0 Å². The Morgan fingerprint density at radius 1 is 0.500 bits per heavy atom. The average molecular weight is 547 g/mol. The van der Waals surface area contributed by atoms with Gasteiger partial charge < -0.3 is 10.0 Å². The summed E-state index contributed by atoms with van der Waals surface area (Å²) in [5.41, 5.74) is 6.10. The van der Waals surface area contributed by atoms with E-state index in [0.29, 0.717) is 5.46 Å². The summed E-state index contributed by atoms with van der Waals surface area (Å²) in [6, 6.07) is 15.2. The van der Waals surface area contributed by atoms with E-state index in [4.69, 9.17) is 0 Å². The highest BCUT2D eigenvalue weighted by atomic mass is 16.4. The molecule has 0 aliphatic heterocycles. The van der Waals surface area contributed by atoms with Gasteiger partial charge in [0.25, 0.3) is 0 Å². The molecule has 0 atom stereocenters. The molecule has 3 rings (SSSR count). The second-order valence-corrected chi connectivity index (χ2v) is 12.7. The molecule has 1 aliphatic carbocycles. The minimum atomic E-state index is -1.42. The van der Waals surface area contributed by atoms with Gasteiger partial charge in [-0.3, -0.25) is 0 Å². The maximum atomic E-state index is 10.0. The lowest BCUT2D eigenvalue weighted by Gasteiger charge is -2.33. The molecule has 0 spiro atoms. The monoisotopic (exact) mass is 546 g/mol. The smallest absolute Gasteiger partial charge is 0.423 e. The molecule has 0 radical (unpaired) electrons. The van der Waals surface area contributed by atoms with E-state index < -0.39 is 7.12 Å². The SMILES string of the molecule is CCCCCCCCCCCCC1(CCCCCCCCCCCC)c2ccccc2-c2ccc(B(O)O)cc21. The largest absolute Gasteiger partial charge is 0.488 e. The summed E-state index contributed by atoms with van der Waals surface area (Å²) in [4.78, 5) is 0. The molecular weight excluding hydrogens is 487 g/mol. The fraction of sp³-hybridized carbons (Fsp3) is 0.676. The maximum Gasteiger partial charge on any atom is 0.488 e. The average Bonchev–Trinajstić information content (AvgIpc) is 3.24. The van der Waals surface area contributed by atoms with Crippen molar-refractivity contribution in [2.45, 2.75) is 161 Å². The van der Waals surface area contributed by atoms with Crippen LogP contribution in [0.1, 0.15) is 166 Å². The molecule has 0 saturated carbocycles. The van der Waals surface area contributed by atoms with E-state index in [-0.39, 0.29) is 5.41 Å². The van der Waals surface area contributed by atoms with Gasteiger partial charge in [0, 0.05) is 5.41 Å². The Kier molecular flexibility index (Phi) is 15.5. The van der Waals surface area contributed by atoms with E-state index in [1.807, 2.05) is 6.07 Å². The van der Waals surface area contributed by atoms with Crippen molar-refractivity contribution in [1.82, 2.24) is 0 Å². The summed E-state index contributed by atoms with van der Waals surface area (Å²) >= 11 is 0. The van der Waals surface area contributed by atoms with Gasteiger partial charge in [0.05, 0.1) is 0 Å². The van der Waals surface area contributed by atoms with Crippen LogP contribution in [0.4, 0.5) is 0 Å². The predicted molar refractivity (Wildman–Crippen MR) is 175 cm³/mol. The molecule has 0 heterocycles. The molecule has 2 aromatic rings. The molecule has 0 bridgehead atoms. The van der Waals surface area contributed by atoms with Crippen LogP contribution in [-0.4, -0.2) is 17.2 Å². The summed E-state index contributed by atoms with van der Waals surface area (Å²) < 4.78 is 0. The maximum absolute atomic E-state index is 10.0.